The van der Waals surface area contributed by atoms with Crippen molar-refractivity contribution in [3.63, 3.8) is 0 Å². The molecule has 1 aromatic carbocycles. The van der Waals surface area contributed by atoms with Gasteiger partial charge in [0.1, 0.15) is 0 Å². The first-order chi connectivity index (χ1) is 12.6. The van der Waals surface area contributed by atoms with E-state index in [1.807, 2.05) is 36.1 Å². The van der Waals surface area contributed by atoms with Gasteiger partial charge in [0, 0.05) is 30.8 Å². The number of benzene rings is 1. The molecule has 26 heavy (non-hydrogen) atoms. The molecule has 0 amide bonds. The Balaban J connectivity index is 1.74. The molecule has 1 aliphatic heterocycles. The number of aromatic amines is 1. The Morgan fingerprint density at radius 3 is 3.04 bits per heavy atom. The van der Waals surface area contributed by atoms with Gasteiger partial charge in [0.2, 0.25) is 0 Å². The van der Waals surface area contributed by atoms with Crippen LogP contribution in [0.5, 0.6) is 0 Å². The van der Waals surface area contributed by atoms with Gasteiger partial charge < -0.3 is 25.0 Å². The first-order valence-electron chi connectivity index (χ1n) is 8.94. The summed E-state index contributed by atoms with van der Waals surface area (Å²) in [5.41, 5.74) is 2.44. The van der Waals surface area contributed by atoms with E-state index in [0.717, 1.165) is 35.9 Å². The molecule has 0 aliphatic carbocycles. The maximum atomic E-state index is 12.4. The number of pyridine rings is 1. The molecule has 6 nitrogen and oxygen atoms in total. The van der Waals surface area contributed by atoms with Gasteiger partial charge in [-0.05, 0) is 55.6 Å². The van der Waals surface area contributed by atoms with Crippen LogP contribution in [0.3, 0.4) is 0 Å². The highest BCUT2D eigenvalue weighted by molar-refractivity contribution is 7.80. The van der Waals surface area contributed by atoms with Crippen molar-refractivity contribution in [1.82, 2.24) is 15.2 Å². The van der Waals surface area contributed by atoms with Gasteiger partial charge in [-0.2, -0.15) is 0 Å². The predicted octanol–water partition coefficient (Wildman–Crippen LogP) is 1.68. The van der Waals surface area contributed by atoms with Crippen molar-refractivity contribution in [3.05, 3.63) is 45.7 Å². The van der Waals surface area contributed by atoms with Crippen LogP contribution in [0, 0.1) is 6.92 Å². The number of hydrogen-bond donors (Lipinski definition) is 3. The first-order valence-corrected chi connectivity index (χ1v) is 9.35. The van der Waals surface area contributed by atoms with Crippen LogP contribution in [0.25, 0.3) is 10.9 Å². The quantitative estimate of drug-likeness (QED) is 0.667. The van der Waals surface area contributed by atoms with Crippen molar-refractivity contribution in [3.8, 4) is 0 Å². The molecule has 1 unspecified atom stereocenters. The molecule has 0 radical (unpaired) electrons. The number of aryl methyl sites for hydroxylation is 1. The van der Waals surface area contributed by atoms with Crippen LogP contribution in [0.1, 0.15) is 24.0 Å². The molecular formula is C19H25N3O3S. The molecule has 3 N–H and O–H groups in total. The molecule has 1 aromatic heterocycles. The van der Waals surface area contributed by atoms with E-state index in [0.29, 0.717) is 30.3 Å². The second-order valence-electron chi connectivity index (χ2n) is 6.68. The number of H-pyrrole nitrogens is 1. The molecule has 2 heterocycles. The molecule has 0 bridgehead atoms. The van der Waals surface area contributed by atoms with Gasteiger partial charge in [-0.3, -0.25) is 4.79 Å². The summed E-state index contributed by atoms with van der Waals surface area (Å²) in [6.45, 7) is 4.14. The third kappa shape index (κ3) is 4.60. The van der Waals surface area contributed by atoms with Gasteiger partial charge in [-0.1, -0.05) is 11.6 Å². The van der Waals surface area contributed by atoms with Crippen LogP contribution >= 0.6 is 12.2 Å². The van der Waals surface area contributed by atoms with E-state index < -0.39 is 0 Å². The number of aromatic nitrogens is 1. The van der Waals surface area contributed by atoms with E-state index in [-0.39, 0.29) is 18.3 Å². The van der Waals surface area contributed by atoms with Gasteiger partial charge in [0.05, 0.1) is 19.3 Å². The second-order valence-corrected chi connectivity index (χ2v) is 7.07. The van der Waals surface area contributed by atoms with Gasteiger partial charge >= 0.3 is 0 Å². The summed E-state index contributed by atoms with van der Waals surface area (Å²) in [6, 6.07) is 7.82. The van der Waals surface area contributed by atoms with E-state index in [1.165, 1.54) is 0 Å². The molecule has 3 rings (SSSR count). The summed E-state index contributed by atoms with van der Waals surface area (Å²) in [5, 5.41) is 14.1. The number of aliphatic hydroxyl groups is 1. The Hall–Kier alpha value is -1.96. The zero-order valence-electron chi connectivity index (χ0n) is 15.0. The van der Waals surface area contributed by atoms with Crippen LogP contribution in [0.2, 0.25) is 0 Å². The van der Waals surface area contributed by atoms with Crippen molar-refractivity contribution in [2.45, 2.75) is 32.4 Å². The van der Waals surface area contributed by atoms with E-state index >= 15 is 0 Å². The van der Waals surface area contributed by atoms with Crippen molar-refractivity contribution in [2.24, 2.45) is 0 Å². The maximum absolute atomic E-state index is 12.4. The molecule has 0 spiro atoms. The molecule has 2 aromatic rings. The summed E-state index contributed by atoms with van der Waals surface area (Å²) in [7, 11) is 0. The number of nitrogens with one attached hydrogen (secondary N) is 2. The summed E-state index contributed by atoms with van der Waals surface area (Å²) in [4.78, 5) is 17.2. The lowest BCUT2D eigenvalue weighted by atomic mass is 10.1. The lowest BCUT2D eigenvalue weighted by Crippen LogP contribution is -2.44. The minimum absolute atomic E-state index is 0.0354. The summed E-state index contributed by atoms with van der Waals surface area (Å²) in [6.07, 6.45) is 2.28. The molecule has 1 atom stereocenters. The van der Waals surface area contributed by atoms with Crippen LogP contribution in [-0.4, -0.2) is 52.5 Å². The zero-order chi connectivity index (χ0) is 18.5. The summed E-state index contributed by atoms with van der Waals surface area (Å²) in [5.74, 6) is 0. The highest BCUT2D eigenvalue weighted by Gasteiger charge is 2.18. The normalized spacial score (nSPS) is 16.8. The highest BCUT2D eigenvalue weighted by atomic mass is 32.1. The topological polar surface area (TPSA) is 77.6 Å². The standard InChI is InChI=1S/C19H25N3O3S/c1-13-4-5-17-14(9-13)10-15(18(24)21-17)12-22(6-7-23)19(26)20-11-16-3-2-8-25-16/h4-5,9-10,16,23H,2-3,6-8,11-12H2,1H3,(H,20,26)(H,21,24). The van der Waals surface area contributed by atoms with Crippen LogP contribution in [0.4, 0.5) is 0 Å². The number of thiocarbonyl (C=S) groups is 1. The minimum Gasteiger partial charge on any atom is -0.395 e. The Labute approximate surface area is 158 Å². The second kappa shape index (κ2) is 8.62. The Morgan fingerprint density at radius 2 is 2.31 bits per heavy atom. The fraction of sp³-hybridized carbons (Fsp3) is 0.474. The average molecular weight is 375 g/mol. The van der Waals surface area contributed by atoms with E-state index in [9.17, 15) is 9.90 Å². The third-order valence-electron chi connectivity index (χ3n) is 4.60. The molecule has 1 aliphatic rings. The molecule has 1 fully saturated rings. The van der Waals surface area contributed by atoms with Crippen molar-refractivity contribution in [1.29, 1.82) is 0 Å². The van der Waals surface area contributed by atoms with E-state index in [2.05, 4.69) is 10.3 Å². The smallest absolute Gasteiger partial charge is 0.253 e. The van der Waals surface area contributed by atoms with Crippen molar-refractivity contribution < 1.29 is 9.84 Å². The Kier molecular flexibility index (Phi) is 6.24. The summed E-state index contributed by atoms with van der Waals surface area (Å²) >= 11 is 5.47. The van der Waals surface area contributed by atoms with Crippen LogP contribution < -0.4 is 10.9 Å². The van der Waals surface area contributed by atoms with Crippen LogP contribution in [0.15, 0.2) is 29.1 Å². The monoisotopic (exact) mass is 375 g/mol. The van der Waals surface area contributed by atoms with Gasteiger partial charge in [0.15, 0.2) is 5.11 Å². The fourth-order valence-electron chi connectivity index (χ4n) is 3.19. The average Bonchev–Trinajstić information content (AvgIpc) is 3.13. The summed E-state index contributed by atoms with van der Waals surface area (Å²) < 4.78 is 5.59. The minimum atomic E-state index is -0.133. The van der Waals surface area contributed by atoms with Gasteiger partial charge in [0.25, 0.3) is 5.56 Å². The van der Waals surface area contributed by atoms with Crippen molar-refractivity contribution >= 4 is 28.2 Å². The van der Waals surface area contributed by atoms with E-state index in [1.54, 1.807) is 0 Å². The number of hydrogen-bond acceptors (Lipinski definition) is 4. The van der Waals surface area contributed by atoms with Crippen LogP contribution in [-0.2, 0) is 11.3 Å². The molecule has 7 heteroatoms. The highest BCUT2D eigenvalue weighted by Crippen LogP contribution is 2.14. The molecule has 0 saturated carbocycles. The first kappa shape index (κ1) is 18.8. The van der Waals surface area contributed by atoms with Gasteiger partial charge in [-0.25, -0.2) is 0 Å². The number of rotatable bonds is 6. The van der Waals surface area contributed by atoms with E-state index in [4.69, 9.17) is 17.0 Å². The predicted molar refractivity (Wildman–Crippen MR) is 106 cm³/mol. The van der Waals surface area contributed by atoms with Crippen molar-refractivity contribution in [2.75, 3.05) is 26.3 Å². The lowest BCUT2D eigenvalue weighted by molar-refractivity contribution is 0.113. The largest absolute Gasteiger partial charge is 0.395 e. The maximum Gasteiger partial charge on any atom is 0.253 e. The number of fused-ring (bicyclic) bond motifs is 1. The Bertz CT molecular complexity index is 830. The fourth-order valence-corrected chi connectivity index (χ4v) is 3.42. The number of ether oxygens (including phenoxy) is 1. The molecule has 1 saturated heterocycles. The van der Waals surface area contributed by atoms with Gasteiger partial charge in [-0.15, -0.1) is 0 Å². The SMILES string of the molecule is Cc1ccc2[nH]c(=O)c(CN(CCO)C(=S)NCC3CCCO3)cc2c1. The molecular weight excluding hydrogens is 350 g/mol. The Morgan fingerprint density at radius 1 is 1.46 bits per heavy atom. The molecule has 140 valence electrons. The zero-order valence-corrected chi connectivity index (χ0v) is 15.8. The third-order valence-corrected chi connectivity index (χ3v) is 5.00. The number of aliphatic hydroxyl groups excluding tert-OH is 1. The number of nitrogens with zero attached hydrogens (tertiary/aromatic N) is 1. The lowest BCUT2D eigenvalue weighted by Gasteiger charge is -2.26.